The molecule has 0 heterocycles. The van der Waals surface area contributed by atoms with E-state index in [1.165, 1.54) is 51.6 Å². The molecule has 0 bridgehead atoms. The predicted octanol–water partition coefficient (Wildman–Crippen LogP) is 2.25. The minimum absolute atomic E-state index is 0.792. The molecule has 15 heavy (non-hydrogen) atoms. The molecular weight excluding hydrogens is 184 g/mol. The number of nitrogens with zero attached hydrogens (tertiary/aromatic N) is 1. The van der Waals surface area contributed by atoms with Crippen LogP contribution in [0, 0.1) is 5.92 Å². The summed E-state index contributed by atoms with van der Waals surface area (Å²) in [6.45, 7) is 4.96. The van der Waals surface area contributed by atoms with E-state index in [-0.39, 0.29) is 0 Å². The monoisotopic (exact) mass is 210 g/mol. The van der Waals surface area contributed by atoms with Gasteiger partial charge in [-0.05, 0) is 58.0 Å². The van der Waals surface area contributed by atoms with Crippen molar-refractivity contribution < 1.29 is 0 Å². The normalized spacial score (nSPS) is 32.2. The maximum Gasteiger partial charge on any atom is 0.00964 e. The molecule has 0 aromatic rings. The molecule has 0 amide bonds. The first kappa shape index (κ1) is 11.4. The van der Waals surface area contributed by atoms with Gasteiger partial charge in [0, 0.05) is 18.6 Å². The highest BCUT2D eigenvalue weighted by Gasteiger charge is 2.29. The second kappa shape index (κ2) is 5.31. The molecule has 0 spiro atoms. The molecule has 2 heteroatoms. The predicted molar refractivity (Wildman–Crippen MR) is 65.1 cm³/mol. The van der Waals surface area contributed by atoms with Crippen molar-refractivity contribution in [2.24, 2.45) is 5.92 Å². The van der Waals surface area contributed by atoms with E-state index in [1.807, 2.05) is 0 Å². The Balaban J connectivity index is 1.76. The Morgan fingerprint density at radius 2 is 1.73 bits per heavy atom. The highest BCUT2D eigenvalue weighted by Crippen LogP contribution is 2.32. The lowest BCUT2D eigenvalue weighted by Gasteiger charge is -2.36. The summed E-state index contributed by atoms with van der Waals surface area (Å²) >= 11 is 0. The van der Waals surface area contributed by atoms with Gasteiger partial charge in [0.15, 0.2) is 0 Å². The summed E-state index contributed by atoms with van der Waals surface area (Å²) in [4.78, 5) is 2.74. The van der Waals surface area contributed by atoms with Gasteiger partial charge in [-0.25, -0.2) is 0 Å². The summed E-state index contributed by atoms with van der Waals surface area (Å²) in [6, 6.07) is 1.68. The fourth-order valence-corrected chi connectivity index (χ4v) is 2.90. The van der Waals surface area contributed by atoms with Gasteiger partial charge in [-0.15, -0.1) is 0 Å². The molecule has 1 N–H and O–H groups in total. The van der Waals surface area contributed by atoms with E-state index in [9.17, 15) is 0 Å². The number of rotatable bonds is 5. The van der Waals surface area contributed by atoms with Gasteiger partial charge in [0.1, 0.15) is 0 Å². The molecule has 0 saturated heterocycles. The van der Waals surface area contributed by atoms with Crippen molar-refractivity contribution in [3.8, 4) is 0 Å². The van der Waals surface area contributed by atoms with Gasteiger partial charge in [0.2, 0.25) is 0 Å². The average molecular weight is 210 g/mol. The van der Waals surface area contributed by atoms with Crippen LogP contribution in [0.15, 0.2) is 0 Å². The summed E-state index contributed by atoms with van der Waals surface area (Å²) in [6.07, 6.45) is 8.55. The standard InChI is InChI=1S/C13H26N2/c1-3-15(10-11-4-5-11)13-8-6-12(14-2)7-9-13/h11-14H,3-10H2,1-2H3. The maximum atomic E-state index is 3.42. The molecule has 2 nitrogen and oxygen atoms in total. The quantitative estimate of drug-likeness (QED) is 0.749. The van der Waals surface area contributed by atoms with Crippen LogP contribution in [0.1, 0.15) is 45.4 Å². The van der Waals surface area contributed by atoms with E-state index in [2.05, 4.69) is 24.2 Å². The van der Waals surface area contributed by atoms with Crippen molar-refractivity contribution in [1.29, 1.82) is 0 Å². The van der Waals surface area contributed by atoms with Crippen LogP contribution >= 0.6 is 0 Å². The average Bonchev–Trinajstić information content (AvgIpc) is 3.10. The lowest BCUT2D eigenvalue weighted by atomic mass is 9.90. The first-order valence-corrected chi connectivity index (χ1v) is 6.74. The molecule has 0 aliphatic heterocycles. The summed E-state index contributed by atoms with van der Waals surface area (Å²) in [5.41, 5.74) is 0. The van der Waals surface area contributed by atoms with Gasteiger partial charge >= 0.3 is 0 Å². The van der Waals surface area contributed by atoms with Gasteiger partial charge in [0.25, 0.3) is 0 Å². The molecular formula is C13H26N2. The van der Waals surface area contributed by atoms with E-state index < -0.39 is 0 Å². The Morgan fingerprint density at radius 3 is 2.20 bits per heavy atom. The van der Waals surface area contributed by atoms with Crippen molar-refractivity contribution in [1.82, 2.24) is 10.2 Å². The van der Waals surface area contributed by atoms with Crippen LogP contribution in [0.3, 0.4) is 0 Å². The van der Waals surface area contributed by atoms with Gasteiger partial charge in [-0.3, -0.25) is 0 Å². The van der Waals surface area contributed by atoms with E-state index >= 15 is 0 Å². The molecule has 2 saturated carbocycles. The minimum Gasteiger partial charge on any atom is -0.317 e. The van der Waals surface area contributed by atoms with E-state index in [0.29, 0.717) is 0 Å². The summed E-state index contributed by atoms with van der Waals surface area (Å²) < 4.78 is 0. The fourth-order valence-electron chi connectivity index (χ4n) is 2.90. The van der Waals surface area contributed by atoms with Crippen molar-refractivity contribution in [3.63, 3.8) is 0 Å². The van der Waals surface area contributed by atoms with Crippen LogP contribution in [-0.2, 0) is 0 Å². The lowest BCUT2D eigenvalue weighted by Crippen LogP contribution is -2.42. The Kier molecular flexibility index (Phi) is 4.04. The van der Waals surface area contributed by atoms with Crippen LogP contribution in [0.4, 0.5) is 0 Å². The molecule has 2 rings (SSSR count). The van der Waals surface area contributed by atoms with Gasteiger partial charge in [-0.2, -0.15) is 0 Å². The Morgan fingerprint density at radius 1 is 1.07 bits per heavy atom. The van der Waals surface area contributed by atoms with E-state index in [0.717, 1.165) is 18.0 Å². The first-order valence-electron chi connectivity index (χ1n) is 6.74. The first-order chi connectivity index (χ1) is 7.33. The lowest BCUT2D eigenvalue weighted by molar-refractivity contribution is 0.146. The van der Waals surface area contributed by atoms with Crippen LogP contribution < -0.4 is 5.32 Å². The largest absolute Gasteiger partial charge is 0.317 e. The minimum atomic E-state index is 0.792. The number of hydrogen-bond donors (Lipinski definition) is 1. The van der Waals surface area contributed by atoms with E-state index in [4.69, 9.17) is 0 Å². The van der Waals surface area contributed by atoms with Crippen molar-refractivity contribution in [2.45, 2.75) is 57.5 Å². The van der Waals surface area contributed by atoms with Crippen LogP contribution in [-0.4, -0.2) is 37.1 Å². The molecule has 0 aromatic heterocycles. The third-order valence-corrected chi connectivity index (χ3v) is 4.22. The molecule has 2 fully saturated rings. The SMILES string of the molecule is CCN(CC1CC1)C1CCC(NC)CC1. The number of hydrogen-bond acceptors (Lipinski definition) is 2. The highest BCUT2D eigenvalue weighted by molar-refractivity contribution is 4.85. The zero-order chi connectivity index (χ0) is 10.7. The van der Waals surface area contributed by atoms with Gasteiger partial charge < -0.3 is 10.2 Å². The number of nitrogens with one attached hydrogen (secondary N) is 1. The third kappa shape index (κ3) is 3.18. The van der Waals surface area contributed by atoms with E-state index in [1.54, 1.807) is 0 Å². The second-order valence-corrected chi connectivity index (χ2v) is 5.33. The Bertz CT molecular complexity index is 181. The fraction of sp³-hybridized carbons (Fsp3) is 1.00. The molecule has 2 aliphatic rings. The second-order valence-electron chi connectivity index (χ2n) is 5.33. The molecule has 88 valence electrons. The van der Waals surface area contributed by atoms with Crippen molar-refractivity contribution >= 4 is 0 Å². The molecule has 2 aliphatic carbocycles. The van der Waals surface area contributed by atoms with Gasteiger partial charge in [-0.1, -0.05) is 6.92 Å². The van der Waals surface area contributed by atoms with Crippen LogP contribution in [0.2, 0.25) is 0 Å². The van der Waals surface area contributed by atoms with Crippen molar-refractivity contribution in [2.75, 3.05) is 20.1 Å². The van der Waals surface area contributed by atoms with Crippen molar-refractivity contribution in [3.05, 3.63) is 0 Å². The molecule has 0 radical (unpaired) electrons. The van der Waals surface area contributed by atoms with Crippen LogP contribution in [0.5, 0.6) is 0 Å². The van der Waals surface area contributed by atoms with Gasteiger partial charge in [0.05, 0.1) is 0 Å². The zero-order valence-electron chi connectivity index (χ0n) is 10.3. The summed E-state index contributed by atoms with van der Waals surface area (Å²) in [5.74, 6) is 1.05. The highest BCUT2D eigenvalue weighted by atomic mass is 15.2. The molecule has 0 aromatic carbocycles. The zero-order valence-corrected chi connectivity index (χ0v) is 10.3. The van der Waals surface area contributed by atoms with Crippen LogP contribution in [0.25, 0.3) is 0 Å². The molecule has 0 atom stereocenters. The summed E-state index contributed by atoms with van der Waals surface area (Å²) in [5, 5.41) is 3.42. The smallest absolute Gasteiger partial charge is 0.00964 e. The topological polar surface area (TPSA) is 15.3 Å². The maximum absolute atomic E-state index is 3.42. The summed E-state index contributed by atoms with van der Waals surface area (Å²) in [7, 11) is 2.10. The Hall–Kier alpha value is -0.0800. The Labute approximate surface area is 94.4 Å². The third-order valence-electron chi connectivity index (χ3n) is 4.22. The molecule has 0 unspecified atom stereocenters.